The molecular formula is C22H16F3N7O. The Morgan fingerprint density at radius 2 is 1.82 bits per heavy atom. The van der Waals surface area contributed by atoms with Gasteiger partial charge < -0.3 is 16.0 Å². The first-order valence-electron chi connectivity index (χ1n) is 9.84. The fourth-order valence-electron chi connectivity index (χ4n) is 3.82. The summed E-state index contributed by atoms with van der Waals surface area (Å²) in [5, 5.41) is 3.15. The minimum atomic E-state index is -0.845. The predicted molar refractivity (Wildman–Crippen MR) is 117 cm³/mol. The highest BCUT2D eigenvalue weighted by atomic mass is 19.1. The molecular weight excluding hydrogens is 435 g/mol. The molecule has 1 unspecified atom stereocenters. The van der Waals surface area contributed by atoms with E-state index in [1.54, 1.807) is 13.0 Å². The van der Waals surface area contributed by atoms with Crippen LogP contribution in [0.3, 0.4) is 0 Å². The summed E-state index contributed by atoms with van der Waals surface area (Å²) in [6.45, 7) is 1.74. The molecule has 4 heterocycles. The van der Waals surface area contributed by atoms with Crippen molar-refractivity contribution < 1.29 is 13.2 Å². The van der Waals surface area contributed by atoms with Gasteiger partial charge in [-0.2, -0.15) is 9.97 Å². The van der Waals surface area contributed by atoms with E-state index in [0.29, 0.717) is 34.1 Å². The van der Waals surface area contributed by atoms with Gasteiger partial charge >= 0.3 is 0 Å². The van der Waals surface area contributed by atoms with Crippen LogP contribution in [0.1, 0.15) is 18.5 Å². The van der Waals surface area contributed by atoms with E-state index >= 15 is 0 Å². The molecule has 5 aromatic rings. The van der Waals surface area contributed by atoms with Crippen molar-refractivity contribution >= 4 is 28.4 Å². The molecule has 0 aliphatic rings. The van der Waals surface area contributed by atoms with Crippen molar-refractivity contribution in [1.29, 1.82) is 0 Å². The van der Waals surface area contributed by atoms with Gasteiger partial charge in [0.15, 0.2) is 11.5 Å². The van der Waals surface area contributed by atoms with E-state index in [1.165, 1.54) is 18.5 Å². The number of fused-ring (bicyclic) bond motifs is 2. The Morgan fingerprint density at radius 3 is 2.58 bits per heavy atom. The molecule has 0 saturated heterocycles. The molecule has 0 aliphatic carbocycles. The number of halogens is 3. The van der Waals surface area contributed by atoms with E-state index < -0.39 is 29.1 Å². The van der Waals surface area contributed by atoms with Crippen molar-refractivity contribution in [2.75, 3.05) is 11.1 Å². The molecule has 0 radical (unpaired) electrons. The van der Waals surface area contributed by atoms with Crippen LogP contribution in [0.2, 0.25) is 0 Å². The van der Waals surface area contributed by atoms with Crippen LogP contribution in [0.15, 0.2) is 53.7 Å². The average Bonchev–Trinajstić information content (AvgIpc) is 3.22. The zero-order chi connectivity index (χ0) is 23.3. The van der Waals surface area contributed by atoms with Crippen molar-refractivity contribution in [3.05, 3.63) is 82.3 Å². The van der Waals surface area contributed by atoms with Crippen LogP contribution in [0.5, 0.6) is 0 Å². The topological polar surface area (TPSA) is 114 Å². The second kappa shape index (κ2) is 7.62. The molecule has 0 spiro atoms. The molecule has 1 atom stereocenters. The number of benzene rings is 1. The zero-order valence-corrected chi connectivity index (χ0v) is 17.1. The van der Waals surface area contributed by atoms with Crippen LogP contribution in [-0.2, 0) is 0 Å². The summed E-state index contributed by atoms with van der Waals surface area (Å²) in [6, 6.07) is 6.52. The van der Waals surface area contributed by atoms with Crippen LogP contribution in [-0.4, -0.2) is 24.3 Å². The van der Waals surface area contributed by atoms with Gasteiger partial charge in [-0.3, -0.25) is 9.20 Å². The number of aromatic amines is 1. The highest BCUT2D eigenvalue weighted by molar-refractivity contribution is 5.84. The van der Waals surface area contributed by atoms with Gasteiger partial charge in [0.25, 0.3) is 5.56 Å². The number of anilines is 2. The van der Waals surface area contributed by atoms with Gasteiger partial charge in [-0.1, -0.05) is 0 Å². The minimum Gasteiger partial charge on any atom is -0.368 e. The smallest absolute Gasteiger partial charge is 0.263 e. The Bertz CT molecular complexity index is 1570. The second-order valence-corrected chi connectivity index (χ2v) is 7.48. The number of aromatic nitrogens is 5. The number of imidazole rings is 1. The number of rotatable bonds is 4. The maximum Gasteiger partial charge on any atom is 0.263 e. The first-order valence-corrected chi connectivity index (χ1v) is 9.84. The van der Waals surface area contributed by atoms with Crippen molar-refractivity contribution in [3.8, 4) is 11.1 Å². The van der Waals surface area contributed by atoms with Gasteiger partial charge in [-0.25, -0.2) is 18.2 Å². The Morgan fingerprint density at radius 1 is 1.06 bits per heavy atom. The zero-order valence-electron chi connectivity index (χ0n) is 17.1. The maximum absolute atomic E-state index is 14.0. The summed E-state index contributed by atoms with van der Waals surface area (Å²) in [7, 11) is 0. The highest BCUT2D eigenvalue weighted by Crippen LogP contribution is 2.31. The average molecular weight is 451 g/mol. The molecule has 5 rings (SSSR count). The summed E-state index contributed by atoms with van der Waals surface area (Å²) in [5.41, 5.74) is 6.84. The number of nitrogens with zero attached hydrogens (tertiary/aromatic N) is 4. The van der Waals surface area contributed by atoms with Crippen LogP contribution < -0.4 is 16.6 Å². The largest absolute Gasteiger partial charge is 0.368 e. The maximum atomic E-state index is 14.0. The van der Waals surface area contributed by atoms with E-state index in [1.807, 2.05) is 0 Å². The summed E-state index contributed by atoms with van der Waals surface area (Å²) >= 11 is 0. The van der Waals surface area contributed by atoms with Crippen molar-refractivity contribution in [1.82, 2.24) is 24.3 Å². The number of hydrogen-bond donors (Lipinski definition) is 3. The quantitative estimate of drug-likeness (QED) is 0.383. The summed E-state index contributed by atoms with van der Waals surface area (Å²) in [6.07, 6.45) is 2.46. The number of H-pyrrole nitrogens is 1. The SMILES string of the molecule is CC(Nc1nc(N)nc2[nH]cnc12)c1cc2ccc(F)cn2c(=O)c1-c1cc(F)cc(F)c1. The number of nitrogen functional groups attached to an aromatic ring is 1. The summed E-state index contributed by atoms with van der Waals surface area (Å²) in [4.78, 5) is 28.6. The number of nitrogens with two attached hydrogens (primary N) is 1. The third-order valence-corrected chi connectivity index (χ3v) is 5.24. The number of hydrogen-bond acceptors (Lipinski definition) is 6. The Hall–Kier alpha value is -4.41. The predicted octanol–water partition coefficient (Wildman–Crippen LogP) is 3.81. The Labute approximate surface area is 184 Å². The summed E-state index contributed by atoms with van der Waals surface area (Å²) in [5.74, 6) is -2.01. The molecule has 0 saturated carbocycles. The van der Waals surface area contributed by atoms with E-state index in [9.17, 15) is 18.0 Å². The molecule has 166 valence electrons. The lowest BCUT2D eigenvalue weighted by Crippen LogP contribution is -2.21. The van der Waals surface area contributed by atoms with Crippen LogP contribution in [0.4, 0.5) is 24.9 Å². The lowest BCUT2D eigenvalue weighted by atomic mass is 9.96. The normalized spacial score (nSPS) is 12.4. The van der Waals surface area contributed by atoms with Gasteiger partial charge in [-0.05, 0) is 48.4 Å². The van der Waals surface area contributed by atoms with Gasteiger partial charge in [0.2, 0.25) is 5.95 Å². The molecule has 0 aliphatic heterocycles. The van der Waals surface area contributed by atoms with Crippen molar-refractivity contribution in [2.45, 2.75) is 13.0 Å². The van der Waals surface area contributed by atoms with Crippen molar-refractivity contribution in [3.63, 3.8) is 0 Å². The summed E-state index contributed by atoms with van der Waals surface area (Å²) < 4.78 is 43.0. The first kappa shape index (κ1) is 20.5. The number of nitrogens with one attached hydrogen (secondary N) is 2. The van der Waals surface area contributed by atoms with Crippen molar-refractivity contribution in [2.24, 2.45) is 0 Å². The van der Waals surface area contributed by atoms with Crippen LogP contribution in [0, 0.1) is 17.5 Å². The molecule has 1 aromatic carbocycles. The molecule has 0 amide bonds. The monoisotopic (exact) mass is 451 g/mol. The van der Waals surface area contributed by atoms with E-state index in [-0.39, 0.29) is 17.1 Å². The minimum absolute atomic E-state index is 0.00271. The molecule has 8 nitrogen and oxygen atoms in total. The van der Waals surface area contributed by atoms with Crippen LogP contribution in [0.25, 0.3) is 27.8 Å². The van der Waals surface area contributed by atoms with E-state index in [0.717, 1.165) is 22.7 Å². The van der Waals surface area contributed by atoms with Crippen LogP contribution >= 0.6 is 0 Å². The highest BCUT2D eigenvalue weighted by Gasteiger charge is 2.21. The van der Waals surface area contributed by atoms with E-state index in [4.69, 9.17) is 5.73 Å². The first-order chi connectivity index (χ1) is 15.8. The molecule has 33 heavy (non-hydrogen) atoms. The third kappa shape index (κ3) is 3.63. The molecule has 4 N–H and O–H groups in total. The van der Waals surface area contributed by atoms with Gasteiger partial charge in [-0.15, -0.1) is 0 Å². The lowest BCUT2D eigenvalue weighted by Gasteiger charge is -2.20. The fraction of sp³-hybridized carbons (Fsp3) is 0.0909. The Balaban J connectivity index is 1.73. The number of pyridine rings is 2. The molecule has 11 heteroatoms. The van der Waals surface area contributed by atoms with Gasteiger partial charge in [0.1, 0.15) is 23.0 Å². The third-order valence-electron chi connectivity index (χ3n) is 5.24. The standard InChI is InChI=1S/C22H16F3N7O/c1-10(29-20-18-19(28-9-27-18)30-22(26)31-20)16-7-15-3-2-12(23)8-32(15)21(33)17(16)11-4-13(24)6-14(25)5-11/h2-10H,1H3,(H4,26,27,28,29,30,31). The second-order valence-electron chi connectivity index (χ2n) is 7.48. The molecule has 0 fully saturated rings. The van der Waals surface area contributed by atoms with E-state index in [2.05, 4.69) is 25.3 Å². The lowest BCUT2D eigenvalue weighted by molar-refractivity contribution is 0.584. The molecule has 0 bridgehead atoms. The molecule has 4 aromatic heterocycles. The Kier molecular flexibility index (Phi) is 4.73. The fourth-order valence-corrected chi connectivity index (χ4v) is 3.82. The van der Waals surface area contributed by atoms with Gasteiger partial charge in [0.05, 0.1) is 17.9 Å². The van der Waals surface area contributed by atoms with Gasteiger partial charge in [0, 0.05) is 17.8 Å².